The molecule has 4 heteroatoms. The molecule has 2 aromatic rings. The third-order valence-corrected chi connectivity index (χ3v) is 3.63. The smallest absolute Gasteiger partial charge is 0.133 e. The van der Waals surface area contributed by atoms with E-state index in [0.717, 1.165) is 15.8 Å². The summed E-state index contributed by atoms with van der Waals surface area (Å²) < 4.78 is 19.9. The van der Waals surface area contributed by atoms with Gasteiger partial charge in [-0.3, -0.25) is 0 Å². The number of methoxy groups -OCH3 is 1. The van der Waals surface area contributed by atoms with E-state index < -0.39 is 0 Å². The van der Waals surface area contributed by atoms with Crippen molar-refractivity contribution in [1.82, 2.24) is 5.32 Å². The van der Waals surface area contributed by atoms with E-state index in [2.05, 4.69) is 21.2 Å². The zero-order valence-electron chi connectivity index (χ0n) is 10.8. The van der Waals surface area contributed by atoms with E-state index >= 15 is 0 Å². The predicted octanol–water partition coefficient (Wildman–Crippen LogP) is 3.91. The fraction of sp³-hybridized carbons (Fsp3) is 0.200. The van der Waals surface area contributed by atoms with Gasteiger partial charge in [0, 0.05) is 5.56 Å². The van der Waals surface area contributed by atoms with Gasteiger partial charge in [-0.05, 0) is 46.7 Å². The third kappa shape index (κ3) is 2.96. The molecule has 2 rings (SSSR count). The number of benzene rings is 2. The molecule has 0 aliphatic rings. The van der Waals surface area contributed by atoms with Crippen LogP contribution < -0.4 is 10.1 Å². The van der Waals surface area contributed by atoms with Crippen molar-refractivity contribution in [2.45, 2.75) is 6.04 Å². The molecule has 0 aliphatic carbocycles. The monoisotopic (exact) mass is 323 g/mol. The first-order valence-electron chi connectivity index (χ1n) is 5.92. The van der Waals surface area contributed by atoms with Crippen LogP contribution in [-0.4, -0.2) is 14.2 Å². The maximum atomic E-state index is 13.9. The number of hydrogen-bond acceptors (Lipinski definition) is 2. The molecule has 2 aromatic carbocycles. The Balaban J connectivity index is 2.43. The van der Waals surface area contributed by atoms with Crippen molar-refractivity contribution in [3.63, 3.8) is 0 Å². The molecule has 1 atom stereocenters. The number of rotatable bonds is 4. The number of nitrogens with one attached hydrogen (secondary N) is 1. The first kappa shape index (κ1) is 14.0. The lowest BCUT2D eigenvalue weighted by molar-refractivity contribution is 0.412. The van der Waals surface area contributed by atoms with Gasteiger partial charge in [0.05, 0.1) is 17.6 Å². The zero-order chi connectivity index (χ0) is 13.8. The number of hydrogen-bond donors (Lipinski definition) is 1. The van der Waals surface area contributed by atoms with E-state index in [9.17, 15) is 4.39 Å². The molecule has 0 fully saturated rings. The minimum atomic E-state index is -0.214. The van der Waals surface area contributed by atoms with E-state index in [4.69, 9.17) is 4.74 Å². The van der Waals surface area contributed by atoms with Gasteiger partial charge in [0.15, 0.2) is 0 Å². The second-order valence-corrected chi connectivity index (χ2v) is 4.99. The molecule has 0 aromatic heterocycles. The topological polar surface area (TPSA) is 21.3 Å². The van der Waals surface area contributed by atoms with Crippen molar-refractivity contribution >= 4 is 15.9 Å². The first-order valence-corrected chi connectivity index (χ1v) is 6.71. The Hall–Kier alpha value is -1.39. The molecule has 0 aliphatic heterocycles. The Morgan fingerprint density at radius 2 is 1.95 bits per heavy atom. The Morgan fingerprint density at radius 1 is 1.21 bits per heavy atom. The molecule has 0 radical (unpaired) electrons. The maximum absolute atomic E-state index is 13.9. The highest BCUT2D eigenvalue weighted by Gasteiger charge is 2.16. The van der Waals surface area contributed by atoms with Gasteiger partial charge in [0.2, 0.25) is 0 Å². The summed E-state index contributed by atoms with van der Waals surface area (Å²) in [7, 11) is 3.43. The average molecular weight is 324 g/mol. The highest BCUT2D eigenvalue weighted by Crippen LogP contribution is 2.31. The predicted molar refractivity (Wildman–Crippen MR) is 78.0 cm³/mol. The molecule has 19 heavy (non-hydrogen) atoms. The quantitative estimate of drug-likeness (QED) is 0.921. The van der Waals surface area contributed by atoms with Crippen LogP contribution in [0.1, 0.15) is 17.2 Å². The summed E-state index contributed by atoms with van der Waals surface area (Å²) in [6, 6.07) is 12.3. The van der Waals surface area contributed by atoms with Crippen molar-refractivity contribution in [3.8, 4) is 5.75 Å². The Morgan fingerprint density at radius 3 is 2.53 bits per heavy atom. The van der Waals surface area contributed by atoms with Gasteiger partial charge in [-0.2, -0.15) is 0 Å². The van der Waals surface area contributed by atoms with Gasteiger partial charge < -0.3 is 10.1 Å². The molecule has 1 unspecified atom stereocenters. The van der Waals surface area contributed by atoms with E-state index in [-0.39, 0.29) is 11.9 Å². The molecule has 0 spiro atoms. The first-order chi connectivity index (χ1) is 9.17. The Labute approximate surface area is 120 Å². The lowest BCUT2D eigenvalue weighted by atomic mass is 9.98. The molecule has 0 amide bonds. The van der Waals surface area contributed by atoms with E-state index in [1.165, 1.54) is 6.07 Å². The van der Waals surface area contributed by atoms with Crippen LogP contribution >= 0.6 is 15.9 Å². The molecular formula is C15H15BrFNO. The summed E-state index contributed by atoms with van der Waals surface area (Å²) in [4.78, 5) is 0. The van der Waals surface area contributed by atoms with Crippen LogP contribution in [0.2, 0.25) is 0 Å². The standard InChI is InChI=1S/C15H15BrFNO/c1-18-15(11-5-3-4-6-13(11)17)10-7-8-14(19-2)12(16)9-10/h3-9,15,18H,1-2H3. The lowest BCUT2D eigenvalue weighted by Crippen LogP contribution is -2.18. The number of halogens is 2. The van der Waals surface area contributed by atoms with E-state index in [0.29, 0.717) is 5.56 Å². The normalized spacial score (nSPS) is 12.2. The second-order valence-electron chi connectivity index (χ2n) is 4.14. The molecule has 0 bridgehead atoms. The van der Waals surface area contributed by atoms with Crippen LogP contribution in [0.4, 0.5) is 4.39 Å². The van der Waals surface area contributed by atoms with Crippen LogP contribution in [0.15, 0.2) is 46.9 Å². The van der Waals surface area contributed by atoms with E-state index in [1.807, 2.05) is 31.3 Å². The van der Waals surface area contributed by atoms with E-state index in [1.54, 1.807) is 19.2 Å². The molecule has 0 heterocycles. The molecule has 0 saturated heterocycles. The lowest BCUT2D eigenvalue weighted by Gasteiger charge is -2.18. The van der Waals surface area contributed by atoms with Crippen molar-refractivity contribution in [2.24, 2.45) is 0 Å². The van der Waals surface area contributed by atoms with Gasteiger partial charge in [0.1, 0.15) is 11.6 Å². The highest BCUT2D eigenvalue weighted by molar-refractivity contribution is 9.10. The summed E-state index contributed by atoms with van der Waals surface area (Å²) >= 11 is 3.45. The van der Waals surface area contributed by atoms with Crippen molar-refractivity contribution in [1.29, 1.82) is 0 Å². The molecule has 1 N–H and O–H groups in total. The molecule has 0 saturated carbocycles. The van der Waals surface area contributed by atoms with Gasteiger partial charge in [-0.25, -0.2) is 4.39 Å². The number of ether oxygens (including phenoxy) is 1. The summed E-state index contributed by atoms with van der Waals surface area (Å²) in [5.41, 5.74) is 1.60. The average Bonchev–Trinajstić information content (AvgIpc) is 2.42. The minimum absolute atomic E-state index is 0.191. The van der Waals surface area contributed by atoms with Gasteiger partial charge in [-0.15, -0.1) is 0 Å². The SMILES string of the molecule is CNC(c1ccc(OC)c(Br)c1)c1ccccc1F. The second kappa shape index (κ2) is 6.17. The van der Waals surface area contributed by atoms with Crippen LogP contribution in [0.5, 0.6) is 5.75 Å². The van der Waals surface area contributed by atoms with Crippen LogP contribution in [-0.2, 0) is 0 Å². The summed E-state index contributed by atoms with van der Waals surface area (Å²) in [6.07, 6.45) is 0. The van der Waals surface area contributed by atoms with Crippen molar-refractivity contribution in [3.05, 3.63) is 63.9 Å². The summed E-state index contributed by atoms with van der Waals surface area (Å²) in [5.74, 6) is 0.543. The third-order valence-electron chi connectivity index (χ3n) is 3.01. The molecular weight excluding hydrogens is 309 g/mol. The maximum Gasteiger partial charge on any atom is 0.133 e. The van der Waals surface area contributed by atoms with Crippen molar-refractivity contribution < 1.29 is 9.13 Å². The summed E-state index contributed by atoms with van der Waals surface area (Å²) in [5, 5.41) is 3.14. The molecule has 2 nitrogen and oxygen atoms in total. The van der Waals surface area contributed by atoms with Crippen LogP contribution in [0.25, 0.3) is 0 Å². The summed E-state index contributed by atoms with van der Waals surface area (Å²) in [6.45, 7) is 0. The Kier molecular flexibility index (Phi) is 4.56. The van der Waals surface area contributed by atoms with Crippen molar-refractivity contribution in [2.75, 3.05) is 14.2 Å². The van der Waals surface area contributed by atoms with Gasteiger partial charge in [-0.1, -0.05) is 24.3 Å². The minimum Gasteiger partial charge on any atom is -0.496 e. The van der Waals surface area contributed by atoms with Gasteiger partial charge in [0.25, 0.3) is 0 Å². The zero-order valence-corrected chi connectivity index (χ0v) is 12.4. The highest BCUT2D eigenvalue weighted by atomic mass is 79.9. The fourth-order valence-corrected chi connectivity index (χ4v) is 2.63. The van der Waals surface area contributed by atoms with Crippen LogP contribution in [0.3, 0.4) is 0 Å². The Bertz CT molecular complexity index is 574. The van der Waals surface area contributed by atoms with Crippen LogP contribution in [0, 0.1) is 5.82 Å². The fourth-order valence-electron chi connectivity index (χ4n) is 2.07. The largest absolute Gasteiger partial charge is 0.496 e. The van der Waals surface area contributed by atoms with Gasteiger partial charge >= 0.3 is 0 Å². The molecule has 100 valence electrons.